The Balaban J connectivity index is 1.45. The van der Waals surface area contributed by atoms with E-state index in [-0.39, 0.29) is 23.7 Å². The van der Waals surface area contributed by atoms with Gasteiger partial charge < -0.3 is 9.72 Å². The molecule has 0 aliphatic rings. The molecule has 0 atom stereocenters. The molecule has 0 amide bonds. The molecule has 32 heavy (non-hydrogen) atoms. The topological polar surface area (TPSA) is 89.9 Å². The maximum absolute atomic E-state index is 13.0. The third kappa shape index (κ3) is 3.93. The smallest absolute Gasteiger partial charge is 0.357 e. The van der Waals surface area contributed by atoms with Gasteiger partial charge in [0.1, 0.15) is 18.1 Å². The van der Waals surface area contributed by atoms with E-state index in [0.717, 1.165) is 10.6 Å². The predicted molar refractivity (Wildman–Crippen MR) is 123 cm³/mol. The number of ether oxygens (including phenoxy) is 1. The fraction of sp³-hybridized carbons (Fsp3) is 0.0435. The Morgan fingerprint density at radius 3 is 2.72 bits per heavy atom. The van der Waals surface area contributed by atoms with Crippen LogP contribution in [0.4, 0.5) is 0 Å². The summed E-state index contributed by atoms with van der Waals surface area (Å²) >= 11 is 7.54. The zero-order chi connectivity index (χ0) is 22.1. The highest BCUT2D eigenvalue weighted by molar-refractivity contribution is 7.13. The fourth-order valence-corrected chi connectivity index (χ4v) is 4.12. The van der Waals surface area contributed by atoms with E-state index in [0.29, 0.717) is 21.6 Å². The minimum Gasteiger partial charge on any atom is -0.453 e. The summed E-state index contributed by atoms with van der Waals surface area (Å²) in [4.78, 5) is 33.2. The van der Waals surface area contributed by atoms with Crippen LogP contribution in [-0.2, 0) is 11.3 Å². The number of benzene rings is 2. The maximum Gasteiger partial charge on any atom is 0.357 e. The van der Waals surface area contributed by atoms with Crippen molar-refractivity contribution in [3.8, 4) is 16.3 Å². The summed E-state index contributed by atoms with van der Waals surface area (Å²) in [7, 11) is 0. The summed E-state index contributed by atoms with van der Waals surface area (Å²) < 4.78 is 7.03. The first kappa shape index (κ1) is 20.2. The van der Waals surface area contributed by atoms with Crippen molar-refractivity contribution in [2.45, 2.75) is 6.61 Å². The average molecular weight is 463 g/mol. The average Bonchev–Trinajstić information content (AvgIpc) is 3.48. The number of aromatic amines is 1. The third-order valence-electron chi connectivity index (χ3n) is 4.75. The molecule has 5 rings (SSSR count). The number of rotatable bonds is 5. The monoisotopic (exact) mass is 462 g/mol. The summed E-state index contributed by atoms with van der Waals surface area (Å²) in [5.41, 5.74) is 1.77. The Bertz CT molecular complexity index is 1480. The van der Waals surface area contributed by atoms with Gasteiger partial charge in [0.2, 0.25) is 0 Å². The van der Waals surface area contributed by atoms with E-state index >= 15 is 0 Å². The van der Waals surface area contributed by atoms with Crippen molar-refractivity contribution in [3.05, 3.63) is 99.0 Å². The van der Waals surface area contributed by atoms with Gasteiger partial charge in [-0.1, -0.05) is 35.9 Å². The second-order valence-electron chi connectivity index (χ2n) is 6.89. The molecule has 158 valence electrons. The van der Waals surface area contributed by atoms with Gasteiger partial charge in [0.15, 0.2) is 5.69 Å². The van der Waals surface area contributed by atoms with Gasteiger partial charge in [-0.2, -0.15) is 5.10 Å². The Hall–Kier alpha value is -3.75. The number of halogens is 1. The lowest BCUT2D eigenvalue weighted by Crippen LogP contribution is -2.16. The molecular formula is C23H15ClN4O3S. The largest absolute Gasteiger partial charge is 0.453 e. The normalized spacial score (nSPS) is 11.0. The second kappa shape index (κ2) is 8.41. The highest BCUT2D eigenvalue weighted by Gasteiger charge is 2.20. The minimum absolute atomic E-state index is 0.204. The molecule has 9 heteroatoms. The Labute approximate surface area is 190 Å². The van der Waals surface area contributed by atoms with Crippen molar-refractivity contribution in [1.82, 2.24) is 19.7 Å². The molecular weight excluding hydrogens is 448 g/mol. The van der Waals surface area contributed by atoms with Crippen LogP contribution < -0.4 is 5.56 Å². The van der Waals surface area contributed by atoms with Gasteiger partial charge in [-0.15, -0.1) is 11.3 Å². The van der Waals surface area contributed by atoms with Crippen molar-refractivity contribution in [1.29, 1.82) is 0 Å². The molecule has 0 bridgehead atoms. The van der Waals surface area contributed by atoms with Crippen molar-refractivity contribution in [3.63, 3.8) is 0 Å². The van der Waals surface area contributed by atoms with Crippen molar-refractivity contribution in [2.75, 3.05) is 0 Å². The molecule has 0 aliphatic heterocycles. The lowest BCUT2D eigenvalue weighted by atomic mass is 10.2. The standard InChI is InChI=1S/C23H15ClN4O3S/c24-14-8-9-16-17(11-14)25-21(26-22(16)29)13-31-23(30)19-12-18(20-7-4-10-32-20)27-28(19)15-5-2-1-3-6-15/h1-12H,13H2,(H,25,26,29). The number of aromatic nitrogens is 4. The molecule has 1 N–H and O–H groups in total. The number of hydrogen-bond acceptors (Lipinski definition) is 6. The van der Waals surface area contributed by atoms with Crippen LogP contribution in [0.2, 0.25) is 5.02 Å². The number of thiophene rings is 1. The van der Waals surface area contributed by atoms with Gasteiger partial charge in [0, 0.05) is 11.1 Å². The summed E-state index contributed by atoms with van der Waals surface area (Å²) in [5, 5.41) is 7.42. The zero-order valence-electron chi connectivity index (χ0n) is 16.5. The van der Waals surface area contributed by atoms with Crippen LogP contribution in [0.15, 0.2) is 76.9 Å². The zero-order valence-corrected chi connectivity index (χ0v) is 18.1. The molecule has 3 heterocycles. The van der Waals surface area contributed by atoms with E-state index in [2.05, 4.69) is 15.1 Å². The first-order chi connectivity index (χ1) is 15.6. The maximum atomic E-state index is 13.0. The molecule has 0 unspecified atom stereocenters. The Kier molecular flexibility index (Phi) is 5.30. The van der Waals surface area contributed by atoms with Crippen LogP contribution in [0.25, 0.3) is 27.2 Å². The van der Waals surface area contributed by atoms with E-state index in [4.69, 9.17) is 16.3 Å². The molecule has 7 nitrogen and oxygen atoms in total. The highest BCUT2D eigenvalue weighted by Crippen LogP contribution is 2.26. The van der Waals surface area contributed by atoms with Gasteiger partial charge in [-0.05, 0) is 41.8 Å². The van der Waals surface area contributed by atoms with Crippen LogP contribution in [0.1, 0.15) is 16.3 Å². The minimum atomic E-state index is -0.585. The van der Waals surface area contributed by atoms with Gasteiger partial charge in [-0.25, -0.2) is 14.5 Å². The quantitative estimate of drug-likeness (QED) is 0.377. The molecule has 3 aromatic heterocycles. The van der Waals surface area contributed by atoms with Crippen molar-refractivity contribution in [2.24, 2.45) is 0 Å². The molecule has 0 saturated heterocycles. The number of esters is 1. The Morgan fingerprint density at radius 2 is 1.94 bits per heavy atom. The molecule has 0 fully saturated rings. The summed E-state index contributed by atoms with van der Waals surface area (Å²) in [6, 6.07) is 19.7. The summed E-state index contributed by atoms with van der Waals surface area (Å²) in [5.74, 6) is -0.361. The fourth-order valence-electron chi connectivity index (χ4n) is 3.27. The number of hydrogen-bond donors (Lipinski definition) is 1. The van der Waals surface area contributed by atoms with E-state index in [1.54, 1.807) is 28.9 Å². The van der Waals surface area contributed by atoms with Crippen LogP contribution >= 0.6 is 22.9 Å². The van der Waals surface area contributed by atoms with E-state index in [1.165, 1.54) is 11.3 Å². The van der Waals surface area contributed by atoms with E-state index in [1.807, 2.05) is 47.8 Å². The first-order valence-electron chi connectivity index (χ1n) is 9.63. The van der Waals surface area contributed by atoms with Gasteiger partial charge in [0.25, 0.3) is 5.56 Å². The SMILES string of the molecule is O=C(OCc1nc2cc(Cl)ccc2c(=O)[nH]1)c1cc(-c2cccs2)nn1-c1ccccc1. The summed E-state index contributed by atoms with van der Waals surface area (Å²) in [6.45, 7) is -0.204. The van der Waals surface area contributed by atoms with Crippen molar-refractivity contribution >= 4 is 39.8 Å². The van der Waals surface area contributed by atoms with Crippen LogP contribution in [0.5, 0.6) is 0 Å². The molecule has 0 spiro atoms. The molecule has 0 saturated carbocycles. The number of fused-ring (bicyclic) bond motifs is 1. The highest BCUT2D eigenvalue weighted by atomic mass is 35.5. The second-order valence-corrected chi connectivity index (χ2v) is 8.27. The lowest BCUT2D eigenvalue weighted by Gasteiger charge is -2.08. The van der Waals surface area contributed by atoms with E-state index in [9.17, 15) is 9.59 Å². The molecule has 0 radical (unpaired) electrons. The number of carbonyl (C=O) groups excluding carboxylic acids is 1. The molecule has 5 aromatic rings. The third-order valence-corrected chi connectivity index (χ3v) is 5.88. The molecule has 2 aromatic carbocycles. The summed E-state index contributed by atoms with van der Waals surface area (Å²) in [6.07, 6.45) is 0. The Morgan fingerprint density at radius 1 is 1.09 bits per heavy atom. The van der Waals surface area contributed by atoms with E-state index < -0.39 is 5.97 Å². The number of para-hydroxylation sites is 1. The predicted octanol–water partition coefficient (Wildman–Crippen LogP) is 4.85. The van der Waals surface area contributed by atoms with Gasteiger partial charge >= 0.3 is 5.97 Å². The number of nitrogens with zero attached hydrogens (tertiary/aromatic N) is 3. The lowest BCUT2D eigenvalue weighted by molar-refractivity contribution is 0.0451. The van der Waals surface area contributed by atoms with Gasteiger partial charge in [0.05, 0.1) is 21.5 Å². The first-order valence-corrected chi connectivity index (χ1v) is 10.9. The number of H-pyrrole nitrogens is 1. The van der Waals surface area contributed by atoms with Crippen LogP contribution in [0, 0.1) is 0 Å². The van der Waals surface area contributed by atoms with Crippen LogP contribution in [0.3, 0.4) is 0 Å². The van der Waals surface area contributed by atoms with Crippen LogP contribution in [-0.4, -0.2) is 25.7 Å². The van der Waals surface area contributed by atoms with Gasteiger partial charge in [-0.3, -0.25) is 4.79 Å². The number of carbonyl (C=O) groups is 1. The van der Waals surface area contributed by atoms with Crippen molar-refractivity contribution < 1.29 is 9.53 Å². The number of nitrogens with one attached hydrogen (secondary N) is 1. The molecule has 0 aliphatic carbocycles.